The van der Waals surface area contributed by atoms with Gasteiger partial charge in [-0.15, -0.1) is 0 Å². The Balaban J connectivity index is 1.04. The van der Waals surface area contributed by atoms with Crippen LogP contribution in [0.3, 0.4) is 0 Å². The summed E-state index contributed by atoms with van der Waals surface area (Å²) >= 11 is 0. The lowest BCUT2D eigenvalue weighted by atomic mass is 10.1. The standard InChI is InChI=1S/C56H22F2N20/c57-29-19-27-28(20-30(29)58)50-71-49(27)72-51-43-45(67-39-23-9-3-15-61-33(23)31-21(37(39)65-43)7-1-13-59-31)53(74-51)76-55-47-48(70-42-26-12-6-18-64-36(26)35-25(41(42)69-47)11-5-17-63-35)56(78-55)77-54-46-44(52(73-50)75-54)66-38-22-8-2-14-60-32(22)34-24(40(38)68-46)10-4-16-62-34/h1-20H,(H2,71,72,73,74,75,76,77,78). The van der Waals surface area contributed by atoms with Crippen LogP contribution in [0, 0.1) is 11.6 Å². The molecule has 22 heteroatoms. The van der Waals surface area contributed by atoms with Crippen molar-refractivity contribution in [2.24, 2.45) is 0 Å². The lowest BCUT2D eigenvalue weighted by molar-refractivity contribution is 0.511. The summed E-state index contributed by atoms with van der Waals surface area (Å²) in [6, 6.07) is 24.5. The van der Waals surface area contributed by atoms with Gasteiger partial charge in [0.2, 0.25) is 0 Å². The third-order valence-corrected chi connectivity index (χ3v) is 14.4. The van der Waals surface area contributed by atoms with Crippen molar-refractivity contribution in [2.45, 2.75) is 0 Å². The fourth-order valence-electron chi connectivity index (χ4n) is 11.0. The first kappa shape index (κ1) is 41.0. The largest absolute Gasteiger partial charge is 0.324 e. The summed E-state index contributed by atoms with van der Waals surface area (Å²) < 4.78 is 31.0. The van der Waals surface area contributed by atoms with Crippen molar-refractivity contribution in [3.63, 3.8) is 0 Å². The highest BCUT2D eigenvalue weighted by Crippen LogP contribution is 2.41. The monoisotopic (exact) mass is 1010 g/mol. The molecular weight excluding hydrogens is 991 g/mol. The van der Waals surface area contributed by atoms with Crippen molar-refractivity contribution in [2.75, 3.05) is 0 Å². The van der Waals surface area contributed by atoms with Crippen molar-refractivity contribution in [3.8, 4) is 46.1 Å². The van der Waals surface area contributed by atoms with Gasteiger partial charge in [-0.2, -0.15) is 0 Å². The van der Waals surface area contributed by atoms with Crippen LogP contribution in [-0.4, -0.2) is 99.7 Å². The minimum atomic E-state index is -1.11. The van der Waals surface area contributed by atoms with Crippen molar-refractivity contribution in [1.82, 2.24) is 99.7 Å². The van der Waals surface area contributed by atoms with Gasteiger partial charge in [0, 0.05) is 80.3 Å². The second kappa shape index (κ2) is 14.7. The van der Waals surface area contributed by atoms with E-state index < -0.39 is 11.6 Å². The number of halogens is 2. The fourth-order valence-corrected chi connectivity index (χ4v) is 11.0. The molecule has 14 heterocycles. The molecule has 4 aromatic carbocycles. The van der Waals surface area contributed by atoms with Gasteiger partial charge in [0.05, 0.1) is 66.2 Å². The van der Waals surface area contributed by atoms with Crippen LogP contribution in [0.2, 0.25) is 0 Å². The maximum absolute atomic E-state index is 15.5. The van der Waals surface area contributed by atoms with Crippen LogP contribution >= 0.6 is 0 Å². The van der Waals surface area contributed by atoms with Crippen LogP contribution in [0.5, 0.6) is 0 Å². The van der Waals surface area contributed by atoms with E-state index in [1.54, 1.807) is 37.2 Å². The zero-order valence-corrected chi connectivity index (χ0v) is 39.4. The second-order valence-corrected chi connectivity index (χ2v) is 18.7. The predicted molar refractivity (Wildman–Crippen MR) is 287 cm³/mol. The Labute approximate surface area is 429 Å². The number of fused-ring (bicyclic) bond motifs is 38. The molecule has 2 N–H and O–H groups in total. The quantitative estimate of drug-likeness (QED) is 0.134. The van der Waals surface area contributed by atoms with Gasteiger partial charge >= 0.3 is 0 Å². The molecule has 12 aromatic heterocycles. The van der Waals surface area contributed by atoms with Crippen molar-refractivity contribution >= 4 is 143 Å². The molecule has 0 saturated carbocycles. The summed E-state index contributed by atoms with van der Waals surface area (Å²) in [6.45, 7) is 0. The molecule has 16 aromatic rings. The minimum absolute atomic E-state index is 0.0556. The third-order valence-electron chi connectivity index (χ3n) is 14.4. The number of rotatable bonds is 0. The van der Waals surface area contributed by atoms with Crippen LogP contribution in [0.25, 0.3) is 189 Å². The first-order valence-corrected chi connectivity index (χ1v) is 24.3. The normalized spacial score (nSPS) is 12.5. The molecule has 0 aliphatic carbocycles. The number of aromatic nitrogens is 20. The topological polar surface area (TPSA) is 264 Å². The number of aromatic amines is 2. The Hall–Kier alpha value is -11.4. The molecule has 2 aliphatic heterocycles. The smallest absolute Gasteiger partial charge is 0.184 e. The average Bonchev–Trinajstić information content (AvgIpc) is 4.34. The van der Waals surface area contributed by atoms with Gasteiger partial charge in [-0.3, -0.25) is 29.9 Å². The van der Waals surface area contributed by atoms with Gasteiger partial charge in [0.25, 0.3) is 0 Å². The second-order valence-electron chi connectivity index (χ2n) is 18.7. The Kier molecular flexibility index (Phi) is 7.71. The molecule has 360 valence electrons. The van der Waals surface area contributed by atoms with E-state index in [2.05, 4.69) is 9.97 Å². The number of nitrogens with zero attached hydrogens (tertiary/aromatic N) is 18. The van der Waals surface area contributed by atoms with Crippen LogP contribution in [0.15, 0.2) is 122 Å². The number of nitrogens with one attached hydrogen (secondary N) is 2. The highest BCUT2D eigenvalue weighted by molar-refractivity contribution is 6.24. The third kappa shape index (κ3) is 5.46. The summed E-state index contributed by atoms with van der Waals surface area (Å²) in [5.41, 5.74) is 9.12. The Bertz CT molecular complexity index is 5370. The number of H-pyrrole nitrogens is 2. The first-order valence-electron chi connectivity index (χ1n) is 24.3. The van der Waals surface area contributed by atoms with E-state index in [1.807, 2.05) is 72.8 Å². The molecule has 0 saturated heterocycles. The summed E-state index contributed by atoms with van der Waals surface area (Å²) in [6.07, 6.45) is 10.2. The van der Waals surface area contributed by atoms with Gasteiger partial charge < -0.3 is 9.97 Å². The SMILES string of the molecule is Fc1cc2c3nc4nc(nc5[nH]c(nc6nc(nc([nH]3)c2cc1F)-c1nc2c3cccnc3c3ncccc3c2nc1-6)c1nc2c3cccnc3c3ncccc3c2nc51)-c1nc2c3cccnc3c3ncccc3c2nc1-4. The van der Waals surface area contributed by atoms with E-state index >= 15 is 8.78 Å². The zero-order valence-electron chi connectivity index (χ0n) is 39.4. The summed E-state index contributed by atoms with van der Waals surface area (Å²) in [5, 5.41) is 4.57. The lowest BCUT2D eigenvalue weighted by Crippen LogP contribution is -1.96. The molecule has 0 unspecified atom stereocenters. The molecule has 20 nitrogen and oxygen atoms in total. The van der Waals surface area contributed by atoms with E-state index in [1.165, 1.54) is 0 Å². The fraction of sp³-hybridized carbons (Fsp3) is 0. The zero-order chi connectivity index (χ0) is 51.1. The number of hydrogen-bond donors (Lipinski definition) is 2. The molecule has 0 radical (unpaired) electrons. The number of pyridine rings is 6. The van der Waals surface area contributed by atoms with E-state index in [0.717, 1.165) is 12.1 Å². The maximum Gasteiger partial charge on any atom is 0.184 e. The molecule has 18 rings (SSSR count). The molecular formula is C56H22F2N20. The Morgan fingerprint density at radius 2 is 0.500 bits per heavy atom. The molecule has 0 atom stereocenters. The van der Waals surface area contributed by atoms with Crippen LogP contribution in [-0.2, 0) is 0 Å². The van der Waals surface area contributed by atoms with E-state index in [-0.39, 0.29) is 79.4 Å². The highest BCUT2D eigenvalue weighted by Gasteiger charge is 2.30. The van der Waals surface area contributed by atoms with Gasteiger partial charge in [-0.25, -0.2) is 68.6 Å². The van der Waals surface area contributed by atoms with E-state index in [0.29, 0.717) is 110 Å². The minimum Gasteiger partial charge on any atom is -0.324 e. The average molecular weight is 1010 g/mol. The molecule has 0 spiro atoms. The Morgan fingerprint density at radius 1 is 0.244 bits per heavy atom. The van der Waals surface area contributed by atoms with E-state index in [4.69, 9.17) is 89.7 Å². The number of hydrogen-bond acceptors (Lipinski definition) is 18. The van der Waals surface area contributed by atoms with Crippen molar-refractivity contribution in [1.29, 1.82) is 0 Å². The summed E-state index contributed by atoms with van der Waals surface area (Å²) in [5.74, 6) is -1.91. The molecule has 0 amide bonds. The van der Waals surface area contributed by atoms with Gasteiger partial charge in [-0.05, 0) is 84.9 Å². The van der Waals surface area contributed by atoms with Gasteiger partial charge in [0.15, 0.2) is 46.2 Å². The van der Waals surface area contributed by atoms with Gasteiger partial charge in [0.1, 0.15) is 45.1 Å². The predicted octanol–water partition coefficient (Wildman–Crippen LogP) is 10.3. The number of benzene rings is 4. The van der Waals surface area contributed by atoms with Crippen molar-refractivity contribution < 1.29 is 8.78 Å². The van der Waals surface area contributed by atoms with E-state index in [9.17, 15) is 0 Å². The van der Waals surface area contributed by atoms with Crippen LogP contribution < -0.4 is 0 Å². The highest BCUT2D eigenvalue weighted by atomic mass is 19.2. The molecule has 2 aliphatic rings. The van der Waals surface area contributed by atoms with Crippen LogP contribution in [0.1, 0.15) is 0 Å². The van der Waals surface area contributed by atoms with Gasteiger partial charge in [-0.1, -0.05) is 0 Å². The maximum atomic E-state index is 15.5. The summed E-state index contributed by atoms with van der Waals surface area (Å²) in [4.78, 5) is 97.4. The van der Waals surface area contributed by atoms with Crippen LogP contribution in [0.4, 0.5) is 8.78 Å². The molecule has 0 fully saturated rings. The first-order chi connectivity index (χ1) is 38.5. The molecule has 78 heavy (non-hydrogen) atoms. The molecule has 8 bridgehead atoms. The summed E-state index contributed by atoms with van der Waals surface area (Å²) in [7, 11) is 0. The van der Waals surface area contributed by atoms with Crippen molar-refractivity contribution in [3.05, 3.63) is 134 Å². The lowest BCUT2D eigenvalue weighted by Gasteiger charge is -2.09. The Morgan fingerprint density at radius 3 is 0.795 bits per heavy atom.